The molecule has 8 rings (SSSR count). The molecule has 5 aromatic rings. The number of aliphatic hydroxyl groups excluding tert-OH is 3. The van der Waals surface area contributed by atoms with E-state index in [0.29, 0.717) is 35.8 Å². The van der Waals surface area contributed by atoms with Crippen molar-refractivity contribution in [2.75, 3.05) is 46.2 Å². The van der Waals surface area contributed by atoms with Gasteiger partial charge in [-0.3, -0.25) is 15.0 Å². The number of amides is 1. The summed E-state index contributed by atoms with van der Waals surface area (Å²) in [5.74, 6) is -0.838. The van der Waals surface area contributed by atoms with E-state index in [0.717, 1.165) is 53.5 Å². The second kappa shape index (κ2) is 25.0. The molecule has 0 aromatic heterocycles. The summed E-state index contributed by atoms with van der Waals surface area (Å²) in [5, 5.41) is 46.2. The summed E-state index contributed by atoms with van der Waals surface area (Å²) < 4.78 is 32.9. The molecule has 378 valence electrons. The van der Waals surface area contributed by atoms with Gasteiger partial charge in [0.1, 0.15) is 35.6 Å². The Balaban J connectivity index is 1.29. The summed E-state index contributed by atoms with van der Waals surface area (Å²) in [6, 6.07) is 37.8. The van der Waals surface area contributed by atoms with Crippen molar-refractivity contribution in [1.29, 1.82) is 0 Å². The third kappa shape index (κ3) is 12.1. The molecule has 2 aliphatic carbocycles. The summed E-state index contributed by atoms with van der Waals surface area (Å²) >= 11 is 0. The smallest absolute Gasteiger partial charge is 0.415 e. The lowest BCUT2D eigenvalue weighted by Gasteiger charge is -2.59. The molecule has 1 aliphatic heterocycles. The van der Waals surface area contributed by atoms with Gasteiger partial charge in [-0.15, -0.1) is 6.58 Å². The highest BCUT2D eigenvalue weighted by molar-refractivity contribution is 6.03. The van der Waals surface area contributed by atoms with Crippen LogP contribution in [0.4, 0.5) is 10.5 Å². The summed E-state index contributed by atoms with van der Waals surface area (Å²) in [7, 11) is 0. The van der Waals surface area contributed by atoms with Crippen molar-refractivity contribution in [2.24, 2.45) is 22.9 Å². The number of ether oxygens (including phenoxy) is 5. The van der Waals surface area contributed by atoms with Gasteiger partial charge in [0.15, 0.2) is 0 Å². The van der Waals surface area contributed by atoms with Crippen LogP contribution in [0.2, 0.25) is 0 Å². The molecule has 0 radical (unpaired) electrons. The molecule has 6 atom stereocenters. The first kappa shape index (κ1) is 51.5. The molecular formula is C57H63N3O12. The maximum absolute atomic E-state index is 14.9. The van der Waals surface area contributed by atoms with Crippen LogP contribution in [0, 0.1) is 27.9 Å². The van der Waals surface area contributed by atoms with E-state index in [1.807, 2.05) is 91.0 Å². The van der Waals surface area contributed by atoms with Crippen LogP contribution in [0.15, 0.2) is 157 Å². The molecule has 3 N–H and O–H groups in total. The minimum absolute atomic E-state index is 0.00192. The number of hydrogen-bond donors (Lipinski definition) is 3. The van der Waals surface area contributed by atoms with E-state index < -0.39 is 28.8 Å². The Morgan fingerprint density at radius 1 is 0.819 bits per heavy atom. The van der Waals surface area contributed by atoms with Crippen LogP contribution in [-0.4, -0.2) is 95.0 Å². The Morgan fingerprint density at radius 3 is 2.19 bits per heavy atom. The summed E-state index contributed by atoms with van der Waals surface area (Å²) in [4.78, 5) is 33.7. The zero-order chi connectivity index (χ0) is 50.3. The first-order chi connectivity index (χ1) is 35.3. The van der Waals surface area contributed by atoms with Crippen LogP contribution in [0.25, 0.3) is 11.1 Å². The number of nitro benzene ring substituents is 1. The van der Waals surface area contributed by atoms with Crippen LogP contribution in [0.3, 0.4) is 0 Å². The average Bonchev–Trinajstić information content (AvgIpc) is 3.40. The highest BCUT2D eigenvalue weighted by Gasteiger charge is 2.65. The predicted molar refractivity (Wildman–Crippen MR) is 272 cm³/mol. The number of rotatable bonds is 25. The highest BCUT2D eigenvalue weighted by atomic mass is 16.7. The quantitative estimate of drug-likeness (QED) is 0.0217. The molecule has 0 bridgehead atoms. The molecule has 0 unspecified atom stereocenters. The molecule has 0 spiro atoms. The minimum Gasteiger partial charge on any atom is -0.459 e. The fourth-order valence-electron chi connectivity index (χ4n) is 10.5. The van der Waals surface area contributed by atoms with Gasteiger partial charge in [0.25, 0.3) is 5.69 Å². The van der Waals surface area contributed by atoms with Gasteiger partial charge in [0, 0.05) is 49.8 Å². The van der Waals surface area contributed by atoms with Gasteiger partial charge < -0.3 is 43.8 Å². The number of unbranched alkanes of at least 4 members (excludes halogenated alkanes) is 2. The number of benzene rings is 5. The van der Waals surface area contributed by atoms with Crippen molar-refractivity contribution in [3.8, 4) is 34.1 Å². The van der Waals surface area contributed by atoms with Crippen molar-refractivity contribution in [3.05, 3.63) is 173 Å². The fraction of sp³-hybridized carbons (Fsp3) is 0.368. The maximum atomic E-state index is 14.9. The molecule has 1 fully saturated rings. The lowest BCUT2D eigenvalue weighted by atomic mass is 9.55. The number of carbonyl (C=O) groups excluding carboxylic acids is 1. The first-order valence-electron chi connectivity index (χ1n) is 24.8. The van der Waals surface area contributed by atoms with E-state index in [2.05, 4.69) is 24.8 Å². The monoisotopic (exact) mass is 981 g/mol. The number of allylic oxidation sites excluding steroid dienone is 1. The lowest BCUT2D eigenvalue weighted by molar-refractivity contribution is -0.384. The topological polar surface area (TPSA) is 192 Å². The Bertz CT molecular complexity index is 2630. The number of oxime groups is 1. The van der Waals surface area contributed by atoms with Gasteiger partial charge in [0.05, 0.1) is 43.0 Å². The van der Waals surface area contributed by atoms with Crippen molar-refractivity contribution in [2.45, 2.75) is 69.3 Å². The lowest BCUT2D eigenvalue weighted by Crippen LogP contribution is -2.70. The number of carbonyl (C=O) groups is 1. The molecule has 0 saturated heterocycles. The molecule has 15 nitrogen and oxygen atoms in total. The minimum atomic E-state index is -1.62. The van der Waals surface area contributed by atoms with E-state index in [9.17, 15) is 30.2 Å². The standard InChI is InChI=1S/C57H63N3O12/c1-2-33-68-57-53(59(29-34-67-35-32-63)56(64)71-46-25-21-44(22-26-46)60(65)66)38-51(58-69-39-40-13-5-3-6-14-40)49-36-43(17-9-11-30-61)48(18-10-12-31-62)54(55(49)57)50-37-47(27-28-52(50)72-57)70-45-23-19-42(20-24-45)41-15-7-4-8-16-41/h2-8,13-16,19-28,36-37,43,48,53-55,61-63H,1,9-12,17-18,29-35,38-39H2/t43-,48+,53-,54+,55+,57+/m0/s1. The van der Waals surface area contributed by atoms with Gasteiger partial charge in [-0.2, -0.15) is 0 Å². The first-order valence-corrected chi connectivity index (χ1v) is 24.8. The Hall–Kier alpha value is -6.88. The number of nitro groups is 1. The van der Waals surface area contributed by atoms with Crippen LogP contribution >= 0.6 is 0 Å². The zero-order valence-corrected chi connectivity index (χ0v) is 40.3. The molecule has 5 aromatic carbocycles. The van der Waals surface area contributed by atoms with Crippen molar-refractivity contribution in [3.63, 3.8) is 0 Å². The molecule has 1 heterocycles. The van der Waals surface area contributed by atoms with E-state index in [4.69, 9.17) is 33.7 Å². The SMILES string of the molecule is C=CCO[C@@]12Oc3ccc(Oc4ccc(-c5ccccc5)cc4)cc3[C@H]3[C@H](CCCCO)[C@@H](CCCCO)C=C(C(=NOCc4ccccc4)C[C@@H]1N(CCOCCO)C(=O)Oc1ccc([N+](=O)[O-])cc1)[C@H]32. The van der Waals surface area contributed by atoms with Crippen LogP contribution in [-0.2, 0) is 20.9 Å². The largest absolute Gasteiger partial charge is 0.459 e. The number of aliphatic hydroxyl groups is 3. The van der Waals surface area contributed by atoms with Gasteiger partial charge in [-0.05, 0) is 102 Å². The van der Waals surface area contributed by atoms with Gasteiger partial charge in [0.2, 0.25) is 5.79 Å². The predicted octanol–water partition coefficient (Wildman–Crippen LogP) is 10.4. The van der Waals surface area contributed by atoms with Crippen LogP contribution in [0.1, 0.15) is 62.0 Å². The number of non-ortho nitro benzene ring substituents is 1. The third-order valence-electron chi connectivity index (χ3n) is 13.7. The van der Waals surface area contributed by atoms with Gasteiger partial charge in [-0.25, -0.2) is 4.79 Å². The molecule has 3 aliphatic rings. The van der Waals surface area contributed by atoms with E-state index in [1.54, 1.807) is 6.08 Å². The average molecular weight is 982 g/mol. The number of nitrogens with zero attached hydrogens (tertiary/aromatic N) is 3. The Kier molecular flexibility index (Phi) is 17.9. The second-order valence-electron chi connectivity index (χ2n) is 18.2. The third-order valence-corrected chi connectivity index (χ3v) is 13.7. The molecule has 1 amide bonds. The number of fused-ring (bicyclic) bond motifs is 2. The molecule has 15 heteroatoms. The summed E-state index contributed by atoms with van der Waals surface area (Å²) in [6.45, 7) is 4.06. The van der Waals surface area contributed by atoms with E-state index in [1.165, 1.54) is 29.2 Å². The zero-order valence-electron chi connectivity index (χ0n) is 40.3. The maximum Gasteiger partial charge on any atom is 0.415 e. The normalized spacial score (nSPS) is 21.3. The molecule has 72 heavy (non-hydrogen) atoms. The van der Waals surface area contributed by atoms with Crippen molar-refractivity contribution >= 4 is 17.5 Å². The number of hydrogen-bond acceptors (Lipinski definition) is 13. The summed E-state index contributed by atoms with van der Waals surface area (Å²) in [5.41, 5.74) is 5.18. The van der Waals surface area contributed by atoms with E-state index >= 15 is 0 Å². The van der Waals surface area contributed by atoms with Crippen LogP contribution < -0.4 is 14.2 Å². The van der Waals surface area contributed by atoms with Crippen LogP contribution in [0.5, 0.6) is 23.0 Å². The van der Waals surface area contributed by atoms with E-state index in [-0.39, 0.29) is 88.4 Å². The molecule has 1 saturated carbocycles. The molecular weight excluding hydrogens is 919 g/mol. The summed E-state index contributed by atoms with van der Waals surface area (Å²) in [6.07, 6.45) is 7.36. The van der Waals surface area contributed by atoms with Gasteiger partial charge >= 0.3 is 6.09 Å². The van der Waals surface area contributed by atoms with Crippen molar-refractivity contribution < 1.29 is 53.6 Å². The fourth-order valence-corrected chi connectivity index (χ4v) is 10.5. The van der Waals surface area contributed by atoms with Crippen molar-refractivity contribution in [1.82, 2.24) is 4.90 Å². The highest BCUT2D eigenvalue weighted by Crippen LogP contribution is 2.62. The van der Waals surface area contributed by atoms with Gasteiger partial charge in [-0.1, -0.05) is 103 Å². The second-order valence-corrected chi connectivity index (χ2v) is 18.2. The Labute approximate surface area is 420 Å². The Morgan fingerprint density at radius 2 is 1.50 bits per heavy atom.